The number of hydrogen-bond donors (Lipinski definition) is 1. The minimum absolute atomic E-state index is 0.129. The molecule has 0 saturated carbocycles. The third-order valence-electron chi connectivity index (χ3n) is 5.46. The van der Waals surface area contributed by atoms with E-state index in [4.69, 9.17) is 9.68 Å². The Hall–Kier alpha value is -2.69. The van der Waals surface area contributed by atoms with Crippen LogP contribution in [-0.2, 0) is 0 Å². The Balaban J connectivity index is 1.63. The van der Waals surface area contributed by atoms with Crippen molar-refractivity contribution < 1.29 is 9.21 Å². The van der Waals surface area contributed by atoms with Gasteiger partial charge in [0.25, 0.3) is 5.91 Å². The van der Waals surface area contributed by atoms with Crippen LogP contribution in [0.4, 0.5) is 11.4 Å². The molecule has 1 unspecified atom stereocenters. The molecule has 29 heavy (non-hydrogen) atoms. The van der Waals surface area contributed by atoms with E-state index in [0.717, 1.165) is 43.2 Å². The van der Waals surface area contributed by atoms with Crippen molar-refractivity contribution in [1.82, 2.24) is 4.90 Å². The van der Waals surface area contributed by atoms with E-state index in [0.29, 0.717) is 5.92 Å². The summed E-state index contributed by atoms with van der Waals surface area (Å²) in [7, 11) is 2.15. The van der Waals surface area contributed by atoms with Gasteiger partial charge in [-0.3, -0.25) is 4.79 Å². The van der Waals surface area contributed by atoms with Gasteiger partial charge in [-0.25, -0.2) is 0 Å². The van der Waals surface area contributed by atoms with Crippen LogP contribution in [-0.4, -0.2) is 49.8 Å². The standard InChI is InChI=1S/C22H24N4O2S/c1-15-13-29-14-19(15)18-11-16(26-9-7-25(2)8-10-26)3-5-20(18)24-22(27)21-6-4-17(12-23)28-21/h3-6,11,14-15H,7-10,13H2,1-2H3,(H,24,27). The Morgan fingerprint density at radius 1 is 1.24 bits per heavy atom. The summed E-state index contributed by atoms with van der Waals surface area (Å²) in [6, 6.07) is 11.2. The highest BCUT2D eigenvalue weighted by atomic mass is 32.2. The minimum atomic E-state index is -0.348. The van der Waals surface area contributed by atoms with Crippen LogP contribution in [0.5, 0.6) is 0 Å². The van der Waals surface area contributed by atoms with Crippen molar-refractivity contribution in [2.24, 2.45) is 5.92 Å². The monoisotopic (exact) mass is 408 g/mol. The predicted molar refractivity (Wildman–Crippen MR) is 117 cm³/mol. The second-order valence-corrected chi connectivity index (χ2v) is 8.46. The van der Waals surface area contributed by atoms with Gasteiger partial charge in [0.05, 0.1) is 0 Å². The van der Waals surface area contributed by atoms with Crippen LogP contribution in [0, 0.1) is 17.2 Å². The molecule has 2 aromatic rings. The van der Waals surface area contributed by atoms with Crippen LogP contribution in [0.3, 0.4) is 0 Å². The van der Waals surface area contributed by atoms with E-state index in [9.17, 15) is 4.79 Å². The summed E-state index contributed by atoms with van der Waals surface area (Å²) >= 11 is 1.81. The Labute approximate surface area is 175 Å². The third-order valence-corrected chi connectivity index (χ3v) is 6.57. The van der Waals surface area contributed by atoms with E-state index in [1.54, 1.807) is 0 Å². The summed E-state index contributed by atoms with van der Waals surface area (Å²) < 4.78 is 5.28. The van der Waals surface area contributed by atoms with E-state index < -0.39 is 0 Å². The van der Waals surface area contributed by atoms with E-state index >= 15 is 0 Å². The summed E-state index contributed by atoms with van der Waals surface area (Å²) in [5.41, 5.74) is 4.25. The normalized spacial score (nSPS) is 19.7. The lowest BCUT2D eigenvalue weighted by atomic mass is 9.94. The quantitative estimate of drug-likeness (QED) is 0.828. The fourth-order valence-electron chi connectivity index (χ4n) is 3.66. The van der Waals surface area contributed by atoms with Gasteiger partial charge < -0.3 is 19.5 Å². The number of carbonyl (C=O) groups excluding carboxylic acids is 1. The van der Waals surface area contributed by atoms with Crippen LogP contribution in [0.2, 0.25) is 0 Å². The van der Waals surface area contributed by atoms with E-state index in [2.05, 4.69) is 46.6 Å². The molecule has 0 radical (unpaired) electrons. The summed E-state index contributed by atoms with van der Waals surface area (Å²) in [5, 5.41) is 14.1. The highest BCUT2D eigenvalue weighted by Gasteiger charge is 2.23. The van der Waals surface area contributed by atoms with Crippen molar-refractivity contribution in [2.75, 3.05) is 49.2 Å². The largest absolute Gasteiger partial charge is 0.440 e. The van der Waals surface area contributed by atoms with Crippen LogP contribution in [0.15, 0.2) is 40.2 Å². The number of piperazine rings is 1. The number of likely N-dealkylation sites (N-methyl/N-ethyl adjacent to an activating group) is 1. The number of amides is 1. The van der Waals surface area contributed by atoms with Gasteiger partial charge in [-0.1, -0.05) is 6.92 Å². The van der Waals surface area contributed by atoms with Crippen LogP contribution < -0.4 is 10.2 Å². The molecule has 1 fully saturated rings. The first kappa shape index (κ1) is 19.6. The number of nitrogens with zero attached hydrogens (tertiary/aromatic N) is 3. The number of hydrogen-bond acceptors (Lipinski definition) is 6. The lowest BCUT2D eigenvalue weighted by Gasteiger charge is -2.34. The molecule has 3 heterocycles. The Kier molecular flexibility index (Phi) is 5.65. The SMILES string of the molecule is CC1CSC=C1c1cc(N2CCN(C)CC2)ccc1NC(=O)c1ccc(C#N)o1. The van der Waals surface area contributed by atoms with Crippen molar-refractivity contribution in [1.29, 1.82) is 5.26 Å². The van der Waals surface area contributed by atoms with E-state index in [1.165, 1.54) is 23.4 Å². The first-order valence-corrected chi connectivity index (χ1v) is 10.8. The lowest BCUT2D eigenvalue weighted by molar-refractivity contribution is 0.0996. The second kappa shape index (κ2) is 8.36. The van der Waals surface area contributed by atoms with E-state index in [-0.39, 0.29) is 17.4 Å². The molecule has 4 rings (SSSR count). The number of nitrogens with one attached hydrogen (secondary N) is 1. The average molecular weight is 409 g/mol. The van der Waals surface area contributed by atoms with E-state index in [1.807, 2.05) is 23.9 Å². The molecule has 1 atom stereocenters. The van der Waals surface area contributed by atoms with Gasteiger partial charge in [0.15, 0.2) is 5.76 Å². The van der Waals surface area contributed by atoms with Gasteiger partial charge >= 0.3 is 0 Å². The highest BCUT2D eigenvalue weighted by molar-refractivity contribution is 8.02. The first-order valence-electron chi connectivity index (χ1n) is 9.76. The first-order chi connectivity index (χ1) is 14.0. The highest BCUT2D eigenvalue weighted by Crippen LogP contribution is 2.40. The molecule has 0 aliphatic carbocycles. The maximum absolute atomic E-state index is 12.7. The van der Waals surface area contributed by atoms with Gasteiger partial charge in [0.1, 0.15) is 6.07 Å². The zero-order valence-corrected chi connectivity index (χ0v) is 17.5. The molecule has 7 heteroatoms. The molecule has 2 aliphatic rings. The van der Waals surface area contributed by atoms with Crippen LogP contribution in [0.25, 0.3) is 5.57 Å². The summed E-state index contributed by atoms with van der Waals surface area (Å²) in [6.07, 6.45) is 0. The van der Waals surface area contributed by atoms with Gasteiger partial charge in [-0.05, 0) is 54.3 Å². The molecular formula is C22H24N4O2S. The van der Waals surface area contributed by atoms with Crippen molar-refractivity contribution in [3.63, 3.8) is 0 Å². The number of thioether (sulfide) groups is 1. The zero-order valence-electron chi connectivity index (χ0n) is 16.6. The maximum atomic E-state index is 12.7. The van der Waals surface area contributed by atoms with Crippen molar-refractivity contribution in [3.05, 3.63) is 52.8 Å². The van der Waals surface area contributed by atoms with Crippen LogP contribution >= 0.6 is 11.8 Å². The fourth-order valence-corrected chi connectivity index (χ4v) is 4.77. The molecular weight excluding hydrogens is 384 g/mol. The summed E-state index contributed by atoms with van der Waals surface area (Å²) in [5.74, 6) is 1.39. The molecule has 0 bridgehead atoms. The summed E-state index contributed by atoms with van der Waals surface area (Å²) in [6.45, 7) is 6.29. The Bertz CT molecular complexity index is 983. The molecule has 1 saturated heterocycles. The topological polar surface area (TPSA) is 72.5 Å². The molecule has 2 aliphatic heterocycles. The Morgan fingerprint density at radius 2 is 2.03 bits per heavy atom. The van der Waals surface area contributed by atoms with Gasteiger partial charge in [0, 0.05) is 48.9 Å². The molecule has 1 amide bonds. The molecule has 0 spiro atoms. The maximum Gasteiger partial charge on any atom is 0.291 e. The number of rotatable bonds is 4. The Morgan fingerprint density at radius 3 is 2.69 bits per heavy atom. The zero-order chi connectivity index (χ0) is 20.4. The van der Waals surface area contributed by atoms with Gasteiger partial charge in [0.2, 0.25) is 5.76 Å². The minimum Gasteiger partial charge on any atom is -0.440 e. The summed E-state index contributed by atoms with van der Waals surface area (Å²) in [4.78, 5) is 17.4. The van der Waals surface area contributed by atoms with Gasteiger partial charge in [-0.2, -0.15) is 5.26 Å². The predicted octanol–water partition coefficient (Wildman–Crippen LogP) is 3.88. The van der Waals surface area contributed by atoms with Crippen molar-refractivity contribution in [3.8, 4) is 6.07 Å². The second-order valence-electron chi connectivity index (χ2n) is 7.56. The molecule has 1 aromatic carbocycles. The smallest absolute Gasteiger partial charge is 0.291 e. The third kappa shape index (κ3) is 4.19. The molecule has 150 valence electrons. The number of nitriles is 1. The average Bonchev–Trinajstić information content (AvgIpc) is 3.38. The van der Waals surface area contributed by atoms with Crippen molar-refractivity contribution in [2.45, 2.75) is 6.92 Å². The van der Waals surface area contributed by atoms with Gasteiger partial charge in [-0.15, -0.1) is 11.8 Å². The number of carbonyl (C=O) groups is 1. The number of allylic oxidation sites excluding steroid dienone is 1. The number of benzene rings is 1. The molecule has 1 aromatic heterocycles. The van der Waals surface area contributed by atoms with Crippen LogP contribution in [0.1, 0.15) is 28.8 Å². The fraction of sp³-hybridized carbons (Fsp3) is 0.364. The molecule has 6 nitrogen and oxygen atoms in total. The number of anilines is 2. The molecule has 1 N–H and O–H groups in total. The number of furan rings is 1. The van der Waals surface area contributed by atoms with Crippen molar-refractivity contribution >= 4 is 34.6 Å². The lowest BCUT2D eigenvalue weighted by Crippen LogP contribution is -2.44.